The zero-order valence-corrected chi connectivity index (χ0v) is 12.5. The molecule has 0 bridgehead atoms. The third-order valence-corrected chi connectivity index (χ3v) is 4.13. The predicted molar refractivity (Wildman–Crippen MR) is 82.1 cm³/mol. The summed E-state index contributed by atoms with van der Waals surface area (Å²) in [5.74, 6) is 0.928. The van der Waals surface area contributed by atoms with Crippen molar-refractivity contribution in [3.63, 3.8) is 0 Å². The molecule has 0 spiro atoms. The van der Waals surface area contributed by atoms with Gasteiger partial charge in [-0.3, -0.25) is 4.90 Å². The molecule has 1 aromatic rings. The summed E-state index contributed by atoms with van der Waals surface area (Å²) in [5.41, 5.74) is 2.85. The maximum Gasteiger partial charge on any atom is 0.0233 e. The Hall–Kier alpha value is -0.860. The van der Waals surface area contributed by atoms with E-state index in [4.69, 9.17) is 0 Å². The Morgan fingerprint density at radius 3 is 2.53 bits per heavy atom. The standard InChI is InChI=1S/C17H28N2/c1-3-10-18-12-16-5-7-17(8-6-16)14-19-11-9-15(4-2)13-19/h5-8,15,18H,3-4,9-14H2,1-2H3. The number of nitrogens with one attached hydrogen (secondary N) is 1. The molecular weight excluding hydrogens is 232 g/mol. The van der Waals surface area contributed by atoms with Crippen molar-refractivity contribution in [3.05, 3.63) is 35.4 Å². The Kier molecular flexibility index (Phi) is 5.87. The molecule has 1 aliphatic heterocycles. The normalized spacial score (nSPS) is 20.0. The van der Waals surface area contributed by atoms with E-state index in [9.17, 15) is 0 Å². The first-order valence-electron chi connectivity index (χ1n) is 7.82. The molecule has 1 atom stereocenters. The molecule has 1 fully saturated rings. The summed E-state index contributed by atoms with van der Waals surface area (Å²) in [6, 6.07) is 9.13. The van der Waals surface area contributed by atoms with Gasteiger partial charge in [-0.15, -0.1) is 0 Å². The fraction of sp³-hybridized carbons (Fsp3) is 0.647. The van der Waals surface area contributed by atoms with Gasteiger partial charge in [0.25, 0.3) is 0 Å². The zero-order valence-electron chi connectivity index (χ0n) is 12.5. The predicted octanol–water partition coefficient (Wildman–Crippen LogP) is 3.42. The van der Waals surface area contributed by atoms with E-state index in [1.807, 2.05) is 0 Å². The van der Waals surface area contributed by atoms with Gasteiger partial charge in [0, 0.05) is 19.6 Å². The lowest BCUT2D eigenvalue weighted by Gasteiger charge is -2.16. The van der Waals surface area contributed by atoms with Crippen LogP contribution in [0.5, 0.6) is 0 Å². The molecule has 0 radical (unpaired) electrons. The highest BCUT2D eigenvalue weighted by atomic mass is 15.1. The van der Waals surface area contributed by atoms with Crippen LogP contribution in [-0.2, 0) is 13.1 Å². The van der Waals surface area contributed by atoms with E-state index in [0.29, 0.717) is 0 Å². The van der Waals surface area contributed by atoms with Crippen molar-refractivity contribution in [3.8, 4) is 0 Å². The Bertz CT molecular complexity index is 358. The molecule has 0 aliphatic carbocycles. The van der Waals surface area contributed by atoms with E-state index < -0.39 is 0 Å². The Balaban J connectivity index is 1.78. The fourth-order valence-electron chi connectivity index (χ4n) is 2.82. The molecule has 2 heteroatoms. The first kappa shape index (κ1) is 14.5. The molecule has 2 rings (SSSR count). The molecule has 1 aromatic carbocycles. The molecule has 2 nitrogen and oxygen atoms in total. The smallest absolute Gasteiger partial charge is 0.0233 e. The van der Waals surface area contributed by atoms with Gasteiger partial charge in [-0.1, -0.05) is 44.5 Å². The van der Waals surface area contributed by atoms with Gasteiger partial charge in [0.1, 0.15) is 0 Å². The minimum Gasteiger partial charge on any atom is -0.313 e. The molecule has 1 heterocycles. The van der Waals surface area contributed by atoms with Crippen molar-refractivity contribution in [2.75, 3.05) is 19.6 Å². The van der Waals surface area contributed by atoms with Crippen molar-refractivity contribution in [2.45, 2.75) is 46.2 Å². The number of likely N-dealkylation sites (tertiary alicyclic amines) is 1. The highest BCUT2D eigenvalue weighted by molar-refractivity contribution is 5.22. The minimum absolute atomic E-state index is 0.928. The zero-order chi connectivity index (χ0) is 13.5. The van der Waals surface area contributed by atoms with Crippen LogP contribution < -0.4 is 5.32 Å². The van der Waals surface area contributed by atoms with Crippen molar-refractivity contribution < 1.29 is 0 Å². The van der Waals surface area contributed by atoms with E-state index in [1.165, 1.54) is 43.5 Å². The van der Waals surface area contributed by atoms with E-state index >= 15 is 0 Å². The molecule has 1 N–H and O–H groups in total. The molecule has 1 unspecified atom stereocenters. The highest BCUT2D eigenvalue weighted by Crippen LogP contribution is 2.21. The van der Waals surface area contributed by atoms with Crippen LogP contribution in [0.15, 0.2) is 24.3 Å². The molecule has 19 heavy (non-hydrogen) atoms. The van der Waals surface area contributed by atoms with Crippen LogP contribution in [0, 0.1) is 5.92 Å². The summed E-state index contributed by atoms with van der Waals surface area (Å²) >= 11 is 0. The van der Waals surface area contributed by atoms with Crippen molar-refractivity contribution in [1.29, 1.82) is 0 Å². The molecule has 0 aromatic heterocycles. The summed E-state index contributed by atoms with van der Waals surface area (Å²) in [5, 5.41) is 3.45. The average molecular weight is 260 g/mol. The third-order valence-electron chi connectivity index (χ3n) is 4.13. The second kappa shape index (κ2) is 7.66. The maximum absolute atomic E-state index is 3.45. The van der Waals surface area contributed by atoms with Crippen molar-refractivity contribution >= 4 is 0 Å². The largest absolute Gasteiger partial charge is 0.313 e. The molecule has 1 aliphatic rings. The van der Waals surface area contributed by atoms with Crippen molar-refractivity contribution in [2.24, 2.45) is 5.92 Å². The van der Waals surface area contributed by atoms with Gasteiger partial charge in [0.15, 0.2) is 0 Å². The van der Waals surface area contributed by atoms with Gasteiger partial charge in [-0.2, -0.15) is 0 Å². The number of hydrogen-bond donors (Lipinski definition) is 1. The first-order valence-corrected chi connectivity index (χ1v) is 7.82. The second-order valence-corrected chi connectivity index (χ2v) is 5.79. The Labute approximate surface area is 118 Å². The second-order valence-electron chi connectivity index (χ2n) is 5.79. The van der Waals surface area contributed by atoms with Crippen LogP contribution >= 0.6 is 0 Å². The van der Waals surface area contributed by atoms with E-state index in [2.05, 4.69) is 48.3 Å². The van der Waals surface area contributed by atoms with Crippen LogP contribution in [0.1, 0.15) is 44.2 Å². The number of nitrogens with zero attached hydrogens (tertiary/aromatic N) is 1. The highest BCUT2D eigenvalue weighted by Gasteiger charge is 2.20. The van der Waals surface area contributed by atoms with Crippen LogP contribution in [0.3, 0.4) is 0 Å². The molecule has 106 valence electrons. The molecular formula is C17H28N2. The van der Waals surface area contributed by atoms with Crippen LogP contribution in [0.2, 0.25) is 0 Å². The van der Waals surface area contributed by atoms with Crippen LogP contribution in [0.25, 0.3) is 0 Å². The summed E-state index contributed by atoms with van der Waals surface area (Å²) in [4.78, 5) is 2.60. The van der Waals surface area contributed by atoms with Crippen LogP contribution in [0.4, 0.5) is 0 Å². The number of hydrogen-bond acceptors (Lipinski definition) is 2. The quantitative estimate of drug-likeness (QED) is 0.756. The Morgan fingerprint density at radius 1 is 1.16 bits per heavy atom. The third kappa shape index (κ3) is 4.63. The maximum atomic E-state index is 3.45. The topological polar surface area (TPSA) is 15.3 Å². The summed E-state index contributed by atoms with van der Waals surface area (Å²) in [6.45, 7) is 10.3. The Morgan fingerprint density at radius 2 is 1.89 bits per heavy atom. The molecule has 0 saturated carbocycles. The lowest BCUT2D eigenvalue weighted by atomic mass is 10.1. The first-order chi connectivity index (χ1) is 9.31. The minimum atomic E-state index is 0.928. The lowest BCUT2D eigenvalue weighted by Crippen LogP contribution is -2.20. The van der Waals surface area contributed by atoms with E-state index in [-0.39, 0.29) is 0 Å². The van der Waals surface area contributed by atoms with E-state index in [1.54, 1.807) is 0 Å². The SMILES string of the molecule is CCCNCc1ccc(CN2CCC(CC)C2)cc1. The summed E-state index contributed by atoms with van der Waals surface area (Å²) in [7, 11) is 0. The van der Waals surface area contributed by atoms with Crippen molar-refractivity contribution in [1.82, 2.24) is 10.2 Å². The lowest BCUT2D eigenvalue weighted by molar-refractivity contribution is 0.315. The molecule has 0 amide bonds. The van der Waals surface area contributed by atoms with E-state index in [0.717, 1.165) is 25.6 Å². The van der Waals surface area contributed by atoms with Gasteiger partial charge in [0.2, 0.25) is 0 Å². The summed E-state index contributed by atoms with van der Waals surface area (Å²) < 4.78 is 0. The van der Waals surface area contributed by atoms with Gasteiger partial charge in [-0.05, 0) is 43.0 Å². The fourth-order valence-corrected chi connectivity index (χ4v) is 2.82. The number of rotatable bonds is 7. The van der Waals surface area contributed by atoms with Gasteiger partial charge >= 0.3 is 0 Å². The van der Waals surface area contributed by atoms with Gasteiger partial charge < -0.3 is 5.32 Å². The monoisotopic (exact) mass is 260 g/mol. The summed E-state index contributed by atoms with van der Waals surface area (Å²) in [6.07, 6.45) is 3.92. The molecule has 1 saturated heterocycles. The van der Waals surface area contributed by atoms with Gasteiger partial charge in [0.05, 0.1) is 0 Å². The van der Waals surface area contributed by atoms with Gasteiger partial charge in [-0.25, -0.2) is 0 Å². The average Bonchev–Trinajstić information content (AvgIpc) is 2.89. The van der Waals surface area contributed by atoms with Crippen LogP contribution in [-0.4, -0.2) is 24.5 Å². The number of benzene rings is 1.